The normalized spacial score (nSPS) is 15.2. The molecule has 1 amide bonds. The van der Waals surface area contributed by atoms with Crippen LogP contribution >= 0.6 is 0 Å². The number of amides is 1. The minimum atomic E-state index is 0.0227. The molecule has 1 fully saturated rings. The minimum Gasteiger partial charge on any atom is -0.361 e. The highest BCUT2D eigenvalue weighted by atomic mass is 16.2. The van der Waals surface area contributed by atoms with Crippen LogP contribution in [0.3, 0.4) is 0 Å². The van der Waals surface area contributed by atoms with Crippen molar-refractivity contribution in [3.05, 3.63) is 71.4 Å². The zero-order valence-corrected chi connectivity index (χ0v) is 13.9. The van der Waals surface area contributed by atoms with Crippen molar-refractivity contribution in [3.63, 3.8) is 0 Å². The van der Waals surface area contributed by atoms with E-state index >= 15 is 0 Å². The topological polar surface area (TPSA) is 59.9 Å². The standard InChI is InChI=1S/C21H19N3O/c22-13-15-4-3-5-17(12-15)21(25)24-10-8-16(9-11-24)19-14-23-20-7-2-1-6-18(19)20/h1-7,12,14,16,23H,8-11H2. The number of nitriles is 1. The van der Waals surface area contributed by atoms with Crippen molar-refractivity contribution >= 4 is 16.8 Å². The predicted molar refractivity (Wildman–Crippen MR) is 97.3 cm³/mol. The van der Waals surface area contributed by atoms with Gasteiger partial charge in [0.2, 0.25) is 0 Å². The molecule has 0 atom stereocenters. The Hall–Kier alpha value is -3.06. The van der Waals surface area contributed by atoms with Gasteiger partial charge in [-0.3, -0.25) is 4.79 Å². The molecule has 1 N–H and O–H groups in total. The van der Waals surface area contributed by atoms with Crippen LogP contribution in [0.15, 0.2) is 54.7 Å². The number of rotatable bonds is 2. The summed E-state index contributed by atoms with van der Waals surface area (Å²) < 4.78 is 0. The van der Waals surface area contributed by atoms with Gasteiger partial charge < -0.3 is 9.88 Å². The van der Waals surface area contributed by atoms with Crippen LogP contribution < -0.4 is 0 Å². The highest BCUT2D eigenvalue weighted by molar-refractivity contribution is 5.94. The first kappa shape index (κ1) is 15.5. The van der Waals surface area contributed by atoms with E-state index in [1.807, 2.05) is 11.0 Å². The number of nitrogens with one attached hydrogen (secondary N) is 1. The van der Waals surface area contributed by atoms with Gasteiger partial charge in [0, 0.05) is 35.8 Å². The zero-order valence-electron chi connectivity index (χ0n) is 13.9. The molecule has 0 unspecified atom stereocenters. The summed E-state index contributed by atoms with van der Waals surface area (Å²) in [5.74, 6) is 0.500. The largest absolute Gasteiger partial charge is 0.361 e. The summed E-state index contributed by atoms with van der Waals surface area (Å²) in [5, 5.41) is 10.3. The summed E-state index contributed by atoms with van der Waals surface area (Å²) in [6.07, 6.45) is 4.04. The van der Waals surface area contributed by atoms with Crippen LogP contribution in [-0.4, -0.2) is 28.9 Å². The first-order chi connectivity index (χ1) is 12.3. The van der Waals surface area contributed by atoms with Crippen LogP contribution in [0.4, 0.5) is 0 Å². The summed E-state index contributed by atoms with van der Waals surface area (Å²) >= 11 is 0. The monoisotopic (exact) mass is 329 g/mol. The summed E-state index contributed by atoms with van der Waals surface area (Å²) in [4.78, 5) is 17.9. The number of aromatic nitrogens is 1. The maximum absolute atomic E-state index is 12.7. The third kappa shape index (κ3) is 2.89. The SMILES string of the molecule is N#Cc1cccc(C(=O)N2CCC(c3c[nH]c4ccccc34)CC2)c1. The Morgan fingerprint density at radius 1 is 1.12 bits per heavy atom. The van der Waals surface area contributed by atoms with E-state index in [4.69, 9.17) is 5.26 Å². The number of H-pyrrole nitrogens is 1. The molecule has 0 bridgehead atoms. The van der Waals surface area contributed by atoms with Gasteiger partial charge in [-0.15, -0.1) is 0 Å². The van der Waals surface area contributed by atoms with E-state index in [2.05, 4.69) is 35.4 Å². The number of hydrogen-bond acceptors (Lipinski definition) is 2. The first-order valence-electron chi connectivity index (χ1n) is 8.62. The average Bonchev–Trinajstić information content (AvgIpc) is 3.12. The molecule has 124 valence electrons. The number of hydrogen-bond donors (Lipinski definition) is 1. The lowest BCUT2D eigenvalue weighted by Crippen LogP contribution is -2.37. The Kier molecular flexibility index (Phi) is 3.99. The Labute approximate surface area is 146 Å². The number of benzene rings is 2. The number of nitrogens with zero attached hydrogens (tertiary/aromatic N) is 2. The van der Waals surface area contributed by atoms with Crippen LogP contribution in [0.2, 0.25) is 0 Å². The van der Waals surface area contributed by atoms with Crippen molar-refractivity contribution in [2.45, 2.75) is 18.8 Å². The van der Waals surface area contributed by atoms with Gasteiger partial charge >= 0.3 is 0 Å². The minimum absolute atomic E-state index is 0.0227. The number of aromatic amines is 1. The van der Waals surface area contributed by atoms with Crippen molar-refractivity contribution in [1.29, 1.82) is 5.26 Å². The molecule has 0 aliphatic carbocycles. The Morgan fingerprint density at radius 3 is 2.72 bits per heavy atom. The lowest BCUT2D eigenvalue weighted by molar-refractivity contribution is 0.0713. The summed E-state index contributed by atoms with van der Waals surface area (Å²) in [7, 11) is 0. The maximum Gasteiger partial charge on any atom is 0.253 e. The van der Waals surface area contributed by atoms with E-state index in [1.54, 1.807) is 24.3 Å². The van der Waals surface area contributed by atoms with Crippen LogP contribution in [-0.2, 0) is 0 Å². The van der Waals surface area contributed by atoms with Crippen LogP contribution in [0, 0.1) is 11.3 Å². The van der Waals surface area contributed by atoms with E-state index in [0.29, 0.717) is 17.0 Å². The molecule has 2 aromatic carbocycles. The molecule has 1 saturated heterocycles. The summed E-state index contributed by atoms with van der Waals surface area (Å²) in [6, 6.07) is 17.4. The lowest BCUT2D eigenvalue weighted by Gasteiger charge is -2.32. The molecule has 1 aromatic heterocycles. The van der Waals surface area contributed by atoms with E-state index in [-0.39, 0.29) is 5.91 Å². The Balaban J connectivity index is 1.48. The van der Waals surface area contributed by atoms with Crippen molar-refractivity contribution in [1.82, 2.24) is 9.88 Å². The fourth-order valence-corrected chi connectivity index (χ4v) is 3.73. The molecule has 1 aliphatic rings. The van der Waals surface area contributed by atoms with Gasteiger partial charge in [0.1, 0.15) is 0 Å². The second-order valence-corrected chi connectivity index (χ2v) is 6.55. The average molecular weight is 329 g/mol. The van der Waals surface area contributed by atoms with Gasteiger partial charge in [-0.25, -0.2) is 0 Å². The molecule has 0 saturated carbocycles. The molecule has 25 heavy (non-hydrogen) atoms. The third-order valence-corrected chi connectivity index (χ3v) is 5.08. The lowest BCUT2D eigenvalue weighted by atomic mass is 9.89. The Bertz CT molecular complexity index is 958. The van der Waals surface area contributed by atoms with Gasteiger partial charge in [-0.2, -0.15) is 5.26 Å². The Morgan fingerprint density at radius 2 is 1.92 bits per heavy atom. The molecule has 4 rings (SSSR count). The fourth-order valence-electron chi connectivity index (χ4n) is 3.73. The first-order valence-corrected chi connectivity index (χ1v) is 8.62. The summed E-state index contributed by atoms with van der Waals surface area (Å²) in [5.41, 5.74) is 3.66. The molecule has 2 heterocycles. The molecule has 3 aromatic rings. The van der Waals surface area contributed by atoms with Crippen molar-refractivity contribution in [3.8, 4) is 6.07 Å². The van der Waals surface area contributed by atoms with Gasteiger partial charge in [0.15, 0.2) is 0 Å². The maximum atomic E-state index is 12.7. The number of carbonyl (C=O) groups is 1. The molecule has 4 heteroatoms. The fraction of sp³-hybridized carbons (Fsp3) is 0.238. The number of carbonyl (C=O) groups excluding carboxylic acids is 1. The van der Waals surface area contributed by atoms with Crippen molar-refractivity contribution < 1.29 is 4.79 Å². The van der Waals surface area contributed by atoms with E-state index < -0.39 is 0 Å². The van der Waals surface area contributed by atoms with Crippen LogP contribution in [0.25, 0.3) is 10.9 Å². The highest BCUT2D eigenvalue weighted by Crippen LogP contribution is 2.33. The molecular formula is C21H19N3O. The number of fused-ring (bicyclic) bond motifs is 1. The molecule has 0 spiro atoms. The van der Waals surface area contributed by atoms with Crippen molar-refractivity contribution in [2.75, 3.05) is 13.1 Å². The molecule has 1 aliphatic heterocycles. The van der Waals surface area contributed by atoms with Gasteiger partial charge in [0.25, 0.3) is 5.91 Å². The van der Waals surface area contributed by atoms with Crippen molar-refractivity contribution in [2.24, 2.45) is 0 Å². The van der Waals surface area contributed by atoms with E-state index in [1.165, 1.54) is 16.5 Å². The predicted octanol–water partition coefficient (Wildman–Crippen LogP) is 4.06. The smallest absolute Gasteiger partial charge is 0.253 e. The second kappa shape index (κ2) is 6.45. The van der Waals surface area contributed by atoms with Crippen LogP contribution in [0.5, 0.6) is 0 Å². The molecule has 4 nitrogen and oxygen atoms in total. The number of para-hydroxylation sites is 1. The van der Waals surface area contributed by atoms with Gasteiger partial charge in [-0.1, -0.05) is 24.3 Å². The zero-order chi connectivity index (χ0) is 17.2. The highest BCUT2D eigenvalue weighted by Gasteiger charge is 2.26. The van der Waals surface area contributed by atoms with Gasteiger partial charge in [0.05, 0.1) is 11.6 Å². The van der Waals surface area contributed by atoms with Gasteiger partial charge in [-0.05, 0) is 48.6 Å². The van der Waals surface area contributed by atoms with E-state index in [9.17, 15) is 4.79 Å². The quantitative estimate of drug-likeness (QED) is 0.771. The third-order valence-electron chi connectivity index (χ3n) is 5.08. The molecule has 0 radical (unpaired) electrons. The van der Waals surface area contributed by atoms with Crippen LogP contribution in [0.1, 0.15) is 40.2 Å². The van der Waals surface area contributed by atoms with E-state index in [0.717, 1.165) is 25.9 Å². The second-order valence-electron chi connectivity index (χ2n) is 6.55. The summed E-state index contributed by atoms with van der Waals surface area (Å²) in [6.45, 7) is 1.50. The number of likely N-dealkylation sites (tertiary alicyclic amines) is 1. The molecular weight excluding hydrogens is 310 g/mol. The number of piperidine rings is 1.